The van der Waals surface area contributed by atoms with Crippen LogP contribution in [0.25, 0.3) is 5.57 Å². The normalized spacial score (nSPS) is 17.6. The number of esters is 1. The Hall–Kier alpha value is -3.60. The highest BCUT2D eigenvalue weighted by Crippen LogP contribution is 2.49. The molecule has 5 nitrogen and oxygen atoms in total. The molecule has 5 aliphatic rings. The fraction of sp³-hybridized carbons (Fsp3) is 0.474. The lowest BCUT2D eigenvalue weighted by Crippen LogP contribution is -2.45. The van der Waals surface area contributed by atoms with Crippen LogP contribution < -0.4 is 24.8 Å². The number of methoxy groups -OCH3 is 1. The van der Waals surface area contributed by atoms with E-state index in [1.807, 2.05) is 19.9 Å². The van der Waals surface area contributed by atoms with E-state index in [0.717, 1.165) is 98.1 Å². The maximum atomic E-state index is 13.3. The molecule has 5 heterocycles. The van der Waals surface area contributed by atoms with Gasteiger partial charge in [0.2, 0.25) is 5.36 Å². The van der Waals surface area contributed by atoms with Crippen molar-refractivity contribution >= 4 is 17.2 Å². The molecule has 0 radical (unpaired) electrons. The van der Waals surface area contributed by atoms with Gasteiger partial charge in [-0.3, -0.25) is 0 Å². The predicted octanol–water partition coefficient (Wildman–Crippen LogP) is 6.06. The minimum atomic E-state index is -0.284. The molecule has 0 N–H and O–H groups in total. The number of fused-ring (bicyclic) bond motifs is 4. The van der Waals surface area contributed by atoms with Crippen LogP contribution in [0.1, 0.15) is 109 Å². The van der Waals surface area contributed by atoms with Gasteiger partial charge in [0, 0.05) is 59.1 Å². The Labute approximate surface area is 255 Å². The average Bonchev–Trinajstić information content (AvgIpc) is 3.05. The van der Waals surface area contributed by atoms with Crippen LogP contribution in [-0.4, -0.2) is 39.3 Å². The molecule has 0 aromatic heterocycles. The van der Waals surface area contributed by atoms with Crippen LogP contribution in [0.2, 0.25) is 0 Å². The number of hydrogen-bond acceptors (Lipinski definition) is 4. The number of rotatable bonds is 3. The summed E-state index contributed by atoms with van der Waals surface area (Å²) in [6, 6.07) is 11.1. The minimum Gasteiger partial charge on any atom is -0.465 e. The molecule has 8 rings (SSSR count). The van der Waals surface area contributed by atoms with E-state index in [1.54, 1.807) is 0 Å². The van der Waals surface area contributed by atoms with Crippen LogP contribution in [0.15, 0.2) is 30.3 Å². The third-order valence-electron chi connectivity index (χ3n) is 10.1. The van der Waals surface area contributed by atoms with Crippen LogP contribution >= 0.6 is 0 Å². The monoisotopic (exact) mass is 577 g/mol. The van der Waals surface area contributed by atoms with E-state index in [2.05, 4.69) is 47.6 Å². The second kappa shape index (κ2) is 11.2. The van der Waals surface area contributed by atoms with Crippen molar-refractivity contribution in [3.8, 4) is 11.5 Å². The van der Waals surface area contributed by atoms with Crippen molar-refractivity contribution in [2.75, 3.05) is 38.2 Å². The van der Waals surface area contributed by atoms with Gasteiger partial charge in [0.15, 0.2) is 0 Å². The van der Waals surface area contributed by atoms with Crippen molar-refractivity contribution in [3.63, 3.8) is 0 Å². The molecule has 0 fully saturated rings. The lowest BCUT2D eigenvalue weighted by atomic mass is 9.81. The van der Waals surface area contributed by atoms with Crippen molar-refractivity contribution in [2.45, 2.75) is 85.0 Å². The lowest BCUT2D eigenvalue weighted by Gasteiger charge is -2.39. The molecule has 3 aromatic rings. The Bertz CT molecular complexity index is 1760. The third-order valence-corrected chi connectivity index (χ3v) is 10.1. The van der Waals surface area contributed by atoms with Crippen LogP contribution in [0, 0.1) is 0 Å². The van der Waals surface area contributed by atoms with E-state index < -0.39 is 0 Å². The fourth-order valence-corrected chi connectivity index (χ4v) is 8.22. The highest BCUT2D eigenvalue weighted by atomic mass is 16.5. The van der Waals surface area contributed by atoms with Crippen molar-refractivity contribution in [2.24, 2.45) is 0 Å². The molecule has 0 aliphatic carbocycles. The number of benzene rings is 3. The molecule has 0 spiro atoms. The molecule has 3 aromatic carbocycles. The van der Waals surface area contributed by atoms with E-state index >= 15 is 0 Å². The maximum Gasteiger partial charge on any atom is 0.338 e. The number of carbonyl (C=O) groups is 1. The largest absolute Gasteiger partial charge is 0.465 e. The zero-order valence-electron chi connectivity index (χ0n) is 26.6. The van der Waals surface area contributed by atoms with E-state index in [4.69, 9.17) is 9.47 Å². The highest BCUT2D eigenvalue weighted by Gasteiger charge is 2.36. The Morgan fingerprint density at radius 3 is 2.35 bits per heavy atom. The lowest BCUT2D eigenvalue weighted by molar-refractivity contribution is 0.0600. The molecule has 43 heavy (non-hydrogen) atoms. The summed E-state index contributed by atoms with van der Waals surface area (Å²) in [6.45, 7) is 12.9. The van der Waals surface area contributed by atoms with Gasteiger partial charge in [0.1, 0.15) is 24.6 Å². The Morgan fingerprint density at radius 2 is 1.58 bits per heavy atom. The predicted molar refractivity (Wildman–Crippen MR) is 174 cm³/mol. The van der Waals surface area contributed by atoms with Gasteiger partial charge >= 0.3 is 5.97 Å². The first-order valence-electron chi connectivity index (χ1n) is 16.7. The topological polar surface area (TPSA) is 41.8 Å². The van der Waals surface area contributed by atoms with Crippen LogP contribution in [-0.2, 0) is 30.4 Å². The van der Waals surface area contributed by atoms with Gasteiger partial charge in [0.05, 0.1) is 18.2 Å². The summed E-state index contributed by atoms with van der Waals surface area (Å²) in [7, 11) is 1.49. The number of aryl methyl sites for hydroxylation is 2. The van der Waals surface area contributed by atoms with Gasteiger partial charge in [-0.2, -0.15) is 0 Å². The molecule has 0 unspecified atom stereocenters. The van der Waals surface area contributed by atoms with E-state index in [9.17, 15) is 4.79 Å². The standard InChI is InChI=1S/C36H39N2O3.C2H6/c1-21(2)22-12-13-25(36(39)40-3)28(18-22)31-29-19-23-8-4-14-37-16-6-10-26(32(23)37)34(29)41-35-27-11-7-17-38-15-5-9-24(33(27)38)20-30(31)35;1-2/h12-13,18-21H,4-11,14-17H2,1-3H3;1-2H3/q+1;. The second-order valence-corrected chi connectivity index (χ2v) is 12.8. The molecule has 0 amide bonds. The zero-order chi connectivity index (χ0) is 29.8. The number of ether oxygens (including phenoxy) is 2. The van der Waals surface area contributed by atoms with Crippen molar-refractivity contribution in [3.05, 3.63) is 85.4 Å². The van der Waals surface area contributed by atoms with Gasteiger partial charge in [-0.25, -0.2) is 9.37 Å². The summed E-state index contributed by atoms with van der Waals surface area (Å²) in [6.07, 6.45) is 8.91. The molecular formula is C38H45N2O3+. The summed E-state index contributed by atoms with van der Waals surface area (Å²) in [4.78, 5) is 15.9. The SMILES string of the molecule is CC.COC(=O)c1ccc(C(C)C)cc1C1=c2cc3c4c(c2Oc2c1cc1c5c2CCCN5CCC1)CCC[N+]=4CCC3. The Kier molecular flexibility index (Phi) is 7.31. The van der Waals surface area contributed by atoms with Crippen LogP contribution in [0.3, 0.4) is 0 Å². The summed E-state index contributed by atoms with van der Waals surface area (Å²) in [5.41, 5.74) is 12.1. The fourth-order valence-electron chi connectivity index (χ4n) is 8.22. The number of carbonyl (C=O) groups excluding carboxylic acids is 1. The molecule has 0 saturated carbocycles. The van der Waals surface area contributed by atoms with Crippen LogP contribution in [0.4, 0.5) is 5.69 Å². The molecule has 5 heteroatoms. The molecular weight excluding hydrogens is 532 g/mol. The first kappa shape index (κ1) is 28.2. The van der Waals surface area contributed by atoms with E-state index in [0.29, 0.717) is 11.5 Å². The van der Waals surface area contributed by atoms with Crippen molar-refractivity contribution < 1.29 is 14.3 Å². The van der Waals surface area contributed by atoms with E-state index in [-0.39, 0.29) is 5.97 Å². The Balaban J connectivity index is 0.00000147. The number of anilines is 1. The van der Waals surface area contributed by atoms with Gasteiger partial charge < -0.3 is 14.4 Å². The molecule has 5 aliphatic heterocycles. The molecule has 0 bridgehead atoms. The van der Waals surface area contributed by atoms with Gasteiger partial charge in [-0.05, 0) is 85.4 Å². The maximum absolute atomic E-state index is 13.3. The zero-order valence-corrected chi connectivity index (χ0v) is 26.6. The summed E-state index contributed by atoms with van der Waals surface area (Å²) in [5, 5.41) is 2.57. The molecule has 224 valence electrons. The summed E-state index contributed by atoms with van der Waals surface area (Å²) >= 11 is 0. The van der Waals surface area contributed by atoms with Crippen LogP contribution in [0.5, 0.6) is 11.5 Å². The summed E-state index contributed by atoms with van der Waals surface area (Å²) in [5.74, 6) is 2.10. The van der Waals surface area contributed by atoms with Crippen molar-refractivity contribution in [1.82, 2.24) is 4.58 Å². The molecule has 0 saturated heterocycles. The number of nitrogens with zero attached hydrogens (tertiary/aromatic N) is 2. The first-order chi connectivity index (χ1) is 21.0. The van der Waals surface area contributed by atoms with Crippen molar-refractivity contribution in [1.29, 1.82) is 0 Å². The molecule has 0 atom stereocenters. The van der Waals surface area contributed by atoms with Gasteiger partial charge in [-0.1, -0.05) is 33.8 Å². The van der Waals surface area contributed by atoms with Gasteiger partial charge in [0.25, 0.3) is 0 Å². The smallest absolute Gasteiger partial charge is 0.338 e. The van der Waals surface area contributed by atoms with Gasteiger partial charge in [-0.15, -0.1) is 0 Å². The minimum absolute atomic E-state index is 0.284. The first-order valence-corrected chi connectivity index (χ1v) is 16.7. The third kappa shape index (κ3) is 4.41. The Morgan fingerprint density at radius 1 is 0.860 bits per heavy atom. The highest BCUT2D eigenvalue weighted by molar-refractivity contribution is 6.00. The summed E-state index contributed by atoms with van der Waals surface area (Å²) < 4.78 is 15.1. The quantitative estimate of drug-likeness (QED) is 0.219. The average molecular weight is 578 g/mol. The number of hydrogen-bond donors (Lipinski definition) is 0. The second-order valence-electron chi connectivity index (χ2n) is 12.8. The van der Waals surface area contributed by atoms with E-state index in [1.165, 1.54) is 58.8 Å².